The third-order valence-corrected chi connectivity index (χ3v) is 10.7. The Bertz CT molecular complexity index is 1680. The summed E-state index contributed by atoms with van der Waals surface area (Å²) in [6, 6.07) is 11.1. The van der Waals surface area contributed by atoms with Gasteiger partial charge < -0.3 is 47.4 Å². The van der Waals surface area contributed by atoms with Crippen molar-refractivity contribution in [2.45, 2.75) is 26.1 Å². The third kappa shape index (κ3) is 22.6. The molecule has 2 aromatic rings. The van der Waals surface area contributed by atoms with Gasteiger partial charge in [-0.2, -0.15) is 0 Å². The van der Waals surface area contributed by atoms with E-state index in [0.717, 1.165) is 14.3 Å². The zero-order chi connectivity index (χ0) is 43.9. The number of carbonyl (C=O) groups excluding carboxylic acids is 6. The van der Waals surface area contributed by atoms with E-state index in [0.29, 0.717) is 64.1 Å². The molecule has 2 aliphatic rings. The molecule has 0 radical (unpaired) electrons. The highest BCUT2D eigenvalue weighted by atomic mass is 127. The second-order valence-electron chi connectivity index (χ2n) is 12.7. The molecule has 0 saturated carbocycles. The Morgan fingerprint density at radius 3 is 1.38 bits per heavy atom. The monoisotopic (exact) mass is 1290 g/mol. The number of nitrogens with zero attached hydrogens (tertiary/aromatic N) is 2. The molecular formula is C38H46I4N2O16. The largest absolute Gasteiger partial charge is 0.482 e. The van der Waals surface area contributed by atoms with E-state index in [4.69, 9.17) is 47.4 Å². The van der Waals surface area contributed by atoms with Gasteiger partial charge in [-0.25, -0.2) is 9.59 Å². The maximum atomic E-state index is 12.2. The Morgan fingerprint density at radius 1 is 0.567 bits per heavy atom. The van der Waals surface area contributed by atoms with Gasteiger partial charge in [-0.3, -0.25) is 29.0 Å². The fraction of sp³-hybridized carbons (Fsp3) is 0.526. The summed E-state index contributed by atoms with van der Waals surface area (Å²) in [6.07, 6.45) is -1.80. The summed E-state index contributed by atoms with van der Waals surface area (Å²) in [5.41, 5.74) is 0. The van der Waals surface area contributed by atoms with E-state index in [-0.39, 0.29) is 52.7 Å². The average Bonchev–Trinajstić information content (AvgIpc) is 3.20. The molecule has 2 atom stereocenters. The molecule has 60 heavy (non-hydrogen) atoms. The first-order valence-electron chi connectivity index (χ1n) is 18.4. The van der Waals surface area contributed by atoms with E-state index in [1.807, 2.05) is 34.1 Å². The van der Waals surface area contributed by atoms with Crippen molar-refractivity contribution >= 4 is 126 Å². The lowest BCUT2D eigenvalue weighted by atomic mass is 10.3. The quantitative estimate of drug-likeness (QED) is 0.106. The van der Waals surface area contributed by atoms with Crippen LogP contribution >= 0.6 is 90.4 Å². The number of hydrogen-bond acceptors (Lipinski definition) is 18. The molecule has 332 valence electrons. The second kappa shape index (κ2) is 29.1. The molecule has 2 heterocycles. The van der Waals surface area contributed by atoms with E-state index in [1.165, 1.54) is 13.8 Å². The lowest BCUT2D eigenvalue weighted by Gasteiger charge is -2.26. The summed E-state index contributed by atoms with van der Waals surface area (Å²) in [7, 11) is 0. The van der Waals surface area contributed by atoms with Crippen LogP contribution in [0.2, 0.25) is 0 Å². The topological polar surface area (TPSA) is 201 Å². The van der Waals surface area contributed by atoms with E-state index in [1.54, 1.807) is 12.1 Å². The van der Waals surface area contributed by atoms with Crippen molar-refractivity contribution in [3.05, 3.63) is 50.7 Å². The highest BCUT2D eigenvalue weighted by Crippen LogP contribution is 2.29. The lowest BCUT2D eigenvalue weighted by Crippen LogP contribution is -2.41. The zero-order valence-corrected chi connectivity index (χ0v) is 41.5. The standard InChI is InChI=1S/C19H22I3NO8.C19H24INO8/c1-12(24)28-9-14(31-17(25)8-23-2-4-27-5-3-23)10-29-18(26)11-30-19-15(21)6-13(20)7-16(19)22;1-14(22)26-11-17(29-18(23)10-21-6-8-25-9-7-21)12-28-19(24)13-27-16-4-2-15(20)3-5-16/h6-7,14H,2-5,8-11H2,1H3;2-5,17H,6-13H2,1H3. The average molecular weight is 1290 g/mol. The van der Waals surface area contributed by atoms with E-state index in [9.17, 15) is 28.8 Å². The van der Waals surface area contributed by atoms with Crippen molar-refractivity contribution < 1.29 is 76.1 Å². The molecule has 22 heteroatoms. The van der Waals surface area contributed by atoms with Crippen LogP contribution in [0.5, 0.6) is 11.5 Å². The first-order valence-corrected chi connectivity index (χ1v) is 22.7. The molecule has 0 aliphatic carbocycles. The minimum absolute atomic E-state index is 0.0840. The van der Waals surface area contributed by atoms with Gasteiger partial charge in [0.2, 0.25) is 0 Å². The summed E-state index contributed by atoms with van der Waals surface area (Å²) in [5, 5.41) is 0. The third-order valence-electron chi connectivity index (χ3n) is 7.78. The maximum Gasteiger partial charge on any atom is 0.344 e. The number of morpholine rings is 2. The summed E-state index contributed by atoms with van der Waals surface area (Å²) in [4.78, 5) is 74.4. The van der Waals surface area contributed by atoms with Crippen LogP contribution in [0, 0.1) is 14.3 Å². The van der Waals surface area contributed by atoms with Crippen LogP contribution in [0.3, 0.4) is 0 Å². The SMILES string of the molecule is CC(=O)OCC(COC(=O)COc1c(I)cc(I)cc1I)OC(=O)CN1CCOCC1.CC(=O)OCC(COC(=O)COc1ccc(I)cc1)OC(=O)CN1CCOCC1. The molecule has 0 spiro atoms. The van der Waals surface area contributed by atoms with Crippen molar-refractivity contribution in [1.82, 2.24) is 9.80 Å². The Kier molecular flexibility index (Phi) is 25.2. The Labute approximate surface area is 402 Å². The molecule has 0 aromatic heterocycles. The van der Waals surface area contributed by atoms with Crippen LogP contribution < -0.4 is 9.47 Å². The first kappa shape index (κ1) is 52.0. The number of hydrogen-bond donors (Lipinski definition) is 0. The fourth-order valence-electron chi connectivity index (χ4n) is 4.91. The minimum Gasteiger partial charge on any atom is -0.482 e. The Hall–Kier alpha value is -2.38. The van der Waals surface area contributed by atoms with Crippen molar-refractivity contribution in [1.29, 1.82) is 0 Å². The summed E-state index contributed by atoms with van der Waals surface area (Å²) in [5.74, 6) is -2.13. The van der Waals surface area contributed by atoms with Crippen LogP contribution in [-0.2, 0) is 66.7 Å². The number of halogens is 4. The van der Waals surface area contributed by atoms with Crippen molar-refractivity contribution in [3.8, 4) is 11.5 Å². The van der Waals surface area contributed by atoms with E-state index < -0.39 is 48.0 Å². The van der Waals surface area contributed by atoms with Crippen LogP contribution in [0.15, 0.2) is 36.4 Å². The minimum atomic E-state index is -0.903. The lowest BCUT2D eigenvalue weighted by molar-refractivity contribution is -0.168. The predicted molar refractivity (Wildman–Crippen MR) is 244 cm³/mol. The van der Waals surface area contributed by atoms with Gasteiger partial charge in [0.25, 0.3) is 0 Å². The molecule has 0 N–H and O–H groups in total. The molecule has 0 amide bonds. The van der Waals surface area contributed by atoms with E-state index >= 15 is 0 Å². The van der Waals surface area contributed by atoms with Crippen molar-refractivity contribution in [3.63, 3.8) is 0 Å². The Morgan fingerprint density at radius 2 is 0.967 bits per heavy atom. The number of esters is 6. The second-order valence-corrected chi connectivity index (χ2v) is 17.5. The summed E-state index contributed by atoms with van der Waals surface area (Å²) in [6.45, 7) is 5.95. The van der Waals surface area contributed by atoms with Gasteiger partial charge in [0.05, 0.1) is 46.7 Å². The van der Waals surface area contributed by atoms with Gasteiger partial charge in [0.15, 0.2) is 25.4 Å². The van der Waals surface area contributed by atoms with Gasteiger partial charge in [-0.05, 0) is 127 Å². The van der Waals surface area contributed by atoms with Gasteiger partial charge >= 0.3 is 35.8 Å². The van der Waals surface area contributed by atoms with Crippen molar-refractivity contribution in [2.24, 2.45) is 0 Å². The van der Waals surface area contributed by atoms with Gasteiger partial charge in [-0.15, -0.1) is 0 Å². The molecule has 0 bridgehead atoms. The maximum absolute atomic E-state index is 12.2. The number of carbonyl (C=O) groups is 6. The van der Waals surface area contributed by atoms with Gasteiger partial charge in [0, 0.05) is 47.2 Å². The summed E-state index contributed by atoms with van der Waals surface area (Å²) < 4.78 is 56.1. The molecule has 2 aromatic carbocycles. The molecular weight excluding hydrogens is 1250 g/mol. The van der Waals surface area contributed by atoms with E-state index in [2.05, 4.69) is 90.4 Å². The number of ether oxygens (including phenoxy) is 10. The van der Waals surface area contributed by atoms with Crippen molar-refractivity contribution in [2.75, 3.05) is 105 Å². The number of rotatable bonds is 20. The number of benzene rings is 2. The predicted octanol–water partition coefficient (Wildman–Crippen LogP) is 3.25. The normalized spacial score (nSPS) is 15.2. The Balaban J connectivity index is 0.000000321. The molecule has 2 unspecified atom stereocenters. The zero-order valence-electron chi connectivity index (χ0n) is 32.9. The van der Waals surface area contributed by atoms with Crippen LogP contribution in [0.1, 0.15) is 13.8 Å². The van der Waals surface area contributed by atoms with Crippen LogP contribution in [0.4, 0.5) is 0 Å². The van der Waals surface area contributed by atoms with Gasteiger partial charge in [0.1, 0.15) is 37.9 Å². The molecule has 2 saturated heterocycles. The summed E-state index contributed by atoms with van der Waals surface area (Å²) >= 11 is 8.65. The molecule has 4 rings (SSSR count). The molecule has 2 fully saturated rings. The smallest absolute Gasteiger partial charge is 0.344 e. The highest BCUT2D eigenvalue weighted by Gasteiger charge is 2.24. The first-order chi connectivity index (χ1) is 28.7. The fourth-order valence-corrected chi connectivity index (χ4v) is 9.16. The van der Waals surface area contributed by atoms with Crippen LogP contribution in [0.25, 0.3) is 0 Å². The molecule has 2 aliphatic heterocycles. The highest BCUT2D eigenvalue weighted by molar-refractivity contribution is 14.1. The molecule has 18 nitrogen and oxygen atoms in total. The van der Waals surface area contributed by atoms with Crippen LogP contribution in [-0.4, -0.2) is 163 Å². The van der Waals surface area contributed by atoms with Gasteiger partial charge in [-0.1, -0.05) is 0 Å².